The molecule has 1 saturated heterocycles. The number of rotatable bonds is 4. The lowest BCUT2D eigenvalue weighted by Crippen LogP contribution is -2.72. The van der Waals surface area contributed by atoms with Crippen LogP contribution in [0.25, 0.3) is 0 Å². The van der Waals surface area contributed by atoms with Crippen molar-refractivity contribution in [3.63, 3.8) is 0 Å². The van der Waals surface area contributed by atoms with Gasteiger partial charge in [0.1, 0.15) is 0 Å². The van der Waals surface area contributed by atoms with Gasteiger partial charge in [-0.1, -0.05) is 48.5 Å². The first-order valence-corrected chi connectivity index (χ1v) is 15.2. The average molecular weight is 714 g/mol. The van der Waals surface area contributed by atoms with Crippen LogP contribution in [0.1, 0.15) is 44.5 Å². The van der Waals surface area contributed by atoms with Gasteiger partial charge in [0.25, 0.3) is 0 Å². The minimum Gasteiger partial charge on any atom is -0.413 e. The molecule has 1 fully saturated rings. The van der Waals surface area contributed by atoms with Gasteiger partial charge in [-0.2, -0.15) is 52.7 Å². The van der Waals surface area contributed by atoms with Gasteiger partial charge < -0.3 is 9.62 Å². The number of aryl methyl sites for hydroxylation is 4. The van der Waals surface area contributed by atoms with Crippen LogP contribution in [0.5, 0.6) is 0 Å². The second-order valence-corrected chi connectivity index (χ2v) is 12.4. The van der Waals surface area contributed by atoms with Crippen LogP contribution < -0.4 is 20.5 Å². The molecular formula is C34H28B2F12N2. The normalized spacial score (nSPS) is 14.9. The van der Waals surface area contributed by atoms with E-state index in [4.69, 9.17) is 0 Å². The van der Waals surface area contributed by atoms with Crippen molar-refractivity contribution in [3.8, 4) is 0 Å². The lowest BCUT2D eigenvalue weighted by Gasteiger charge is -2.48. The summed E-state index contributed by atoms with van der Waals surface area (Å²) >= 11 is 0. The zero-order valence-electron chi connectivity index (χ0n) is 26.9. The number of benzene rings is 4. The van der Waals surface area contributed by atoms with Gasteiger partial charge in [-0.25, -0.2) is 0 Å². The molecular weight excluding hydrogens is 686 g/mol. The third-order valence-corrected chi connectivity index (χ3v) is 9.03. The summed E-state index contributed by atoms with van der Waals surface area (Å²) in [5, 5.41) is 0. The van der Waals surface area contributed by atoms with Gasteiger partial charge in [0.15, 0.2) is 0 Å². The lowest BCUT2D eigenvalue weighted by atomic mass is 9.40. The van der Waals surface area contributed by atoms with Crippen LogP contribution in [-0.4, -0.2) is 26.6 Å². The number of alkyl halides is 12. The minimum absolute atomic E-state index is 0.231. The number of hydrogen-bond acceptors (Lipinski definition) is 2. The fourth-order valence-electron chi connectivity index (χ4n) is 6.91. The molecule has 0 N–H and O–H groups in total. The summed E-state index contributed by atoms with van der Waals surface area (Å²) < 4.78 is 172. The summed E-state index contributed by atoms with van der Waals surface area (Å²) in [6.07, 6.45) is -21.6. The van der Waals surface area contributed by atoms with Crippen molar-refractivity contribution in [1.82, 2.24) is 0 Å². The third-order valence-electron chi connectivity index (χ3n) is 9.03. The van der Waals surface area contributed by atoms with Crippen LogP contribution in [0.2, 0.25) is 0 Å². The van der Waals surface area contributed by atoms with Crippen molar-refractivity contribution >= 4 is 36.0 Å². The van der Waals surface area contributed by atoms with E-state index in [9.17, 15) is 52.7 Å². The third kappa shape index (κ3) is 7.16. The molecule has 1 aliphatic heterocycles. The van der Waals surface area contributed by atoms with Crippen molar-refractivity contribution in [2.45, 2.75) is 52.4 Å². The molecule has 264 valence electrons. The molecule has 4 aromatic rings. The quantitative estimate of drug-likeness (QED) is 0.154. The average Bonchev–Trinajstić information content (AvgIpc) is 2.98. The molecule has 50 heavy (non-hydrogen) atoms. The molecule has 0 atom stereocenters. The van der Waals surface area contributed by atoms with E-state index in [0.717, 1.165) is 0 Å². The van der Waals surface area contributed by atoms with Gasteiger partial charge >= 0.3 is 38.4 Å². The summed E-state index contributed by atoms with van der Waals surface area (Å²) in [4.78, 5) is 2.59. The number of anilines is 2. The predicted molar refractivity (Wildman–Crippen MR) is 170 cm³/mol. The highest BCUT2D eigenvalue weighted by atomic mass is 19.4. The monoisotopic (exact) mass is 714 g/mol. The highest BCUT2D eigenvalue weighted by Gasteiger charge is 2.50. The van der Waals surface area contributed by atoms with E-state index >= 15 is 0 Å². The minimum atomic E-state index is -5.14. The van der Waals surface area contributed by atoms with Gasteiger partial charge in [-0.05, 0) is 85.1 Å². The Bertz CT molecular complexity index is 1720. The number of halogens is 12. The van der Waals surface area contributed by atoms with Gasteiger partial charge in [-0.15, -0.1) is 0 Å². The Balaban J connectivity index is 1.89. The van der Waals surface area contributed by atoms with E-state index in [1.807, 2.05) is 0 Å². The molecule has 0 aromatic heterocycles. The maximum atomic E-state index is 14.6. The van der Waals surface area contributed by atoms with Crippen LogP contribution in [0.3, 0.4) is 0 Å². The standard InChI is InChI=1S/C34H28B2F12N2/c1-19-7-5-8-20(2)29(19)49-17-36(28-16-24(32(40,41)42)12-14-26(28)34(46,47)48)50(30-21(3)9-6-10-22(30)4)18-35(49)27-15-23(31(37,38)39)11-13-25(27)33(43,44)45/h5-16H,17-18H2,1-4H3. The van der Waals surface area contributed by atoms with Gasteiger partial charge in [0, 0.05) is 24.3 Å². The highest BCUT2D eigenvalue weighted by molar-refractivity contribution is 6.88. The Labute approximate surface area is 280 Å². The Kier molecular flexibility index (Phi) is 9.50. The number of para-hydroxylation sites is 2. The Morgan fingerprint density at radius 3 is 1.00 bits per heavy atom. The van der Waals surface area contributed by atoms with Crippen molar-refractivity contribution in [2.24, 2.45) is 0 Å². The molecule has 1 heterocycles. The fraction of sp³-hybridized carbons (Fsp3) is 0.294. The molecule has 5 rings (SSSR count). The van der Waals surface area contributed by atoms with E-state index < -0.39 is 84.5 Å². The van der Waals surface area contributed by atoms with Crippen molar-refractivity contribution in [1.29, 1.82) is 0 Å². The topological polar surface area (TPSA) is 6.48 Å². The van der Waals surface area contributed by atoms with Crippen LogP contribution in [0.15, 0.2) is 72.8 Å². The summed E-state index contributed by atoms with van der Waals surface area (Å²) in [7, 11) is 0. The molecule has 0 bridgehead atoms. The Morgan fingerprint density at radius 2 is 0.740 bits per heavy atom. The number of hydrogen-bond donors (Lipinski definition) is 0. The summed E-state index contributed by atoms with van der Waals surface area (Å²) in [6.45, 7) is 3.18. The van der Waals surface area contributed by atoms with E-state index in [1.165, 1.54) is 9.62 Å². The van der Waals surface area contributed by atoms with Crippen LogP contribution >= 0.6 is 0 Å². The second kappa shape index (κ2) is 12.8. The molecule has 0 spiro atoms. The fourth-order valence-corrected chi connectivity index (χ4v) is 6.91. The first kappa shape index (κ1) is 37.0. The molecule has 16 heteroatoms. The smallest absolute Gasteiger partial charge is 0.413 e. The molecule has 0 saturated carbocycles. The van der Waals surface area contributed by atoms with Gasteiger partial charge in [0.05, 0.1) is 22.3 Å². The van der Waals surface area contributed by atoms with Crippen molar-refractivity contribution in [3.05, 3.63) is 117 Å². The van der Waals surface area contributed by atoms with Crippen LogP contribution in [-0.2, 0) is 24.7 Å². The zero-order chi connectivity index (χ0) is 37.1. The van der Waals surface area contributed by atoms with Gasteiger partial charge in [0.2, 0.25) is 0 Å². The van der Waals surface area contributed by atoms with E-state index in [-0.39, 0.29) is 11.4 Å². The predicted octanol–water partition coefficient (Wildman–Crippen LogP) is 9.20. The van der Waals surface area contributed by atoms with E-state index in [2.05, 4.69) is 0 Å². The molecule has 0 radical (unpaired) electrons. The maximum Gasteiger partial charge on any atom is 0.416 e. The Morgan fingerprint density at radius 1 is 0.440 bits per heavy atom. The highest BCUT2D eigenvalue weighted by Crippen LogP contribution is 2.39. The summed E-state index contributed by atoms with van der Waals surface area (Å²) in [6, 6.07) is 11.6. The molecule has 1 aliphatic rings. The Hall–Kier alpha value is -4.23. The van der Waals surface area contributed by atoms with Crippen molar-refractivity contribution in [2.75, 3.05) is 22.5 Å². The first-order chi connectivity index (χ1) is 23.0. The van der Waals surface area contributed by atoms with Gasteiger partial charge in [-0.3, -0.25) is 0 Å². The molecule has 0 aliphatic carbocycles. The SMILES string of the molecule is Cc1cccc(C)c1N1CB(c2cc(C(F)(F)F)ccc2C(F)(F)F)N(c2c(C)cccc2C)CB1c1cc(C(F)(F)F)ccc1C(F)(F)F. The van der Waals surface area contributed by atoms with Crippen LogP contribution in [0.4, 0.5) is 64.1 Å². The molecule has 4 aromatic carbocycles. The zero-order valence-corrected chi connectivity index (χ0v) is 26.9. The molecule has 0 amide bonds. The summed E-state index contributed by atoms with van der Waals surface area (Å²) in [5.41, 5.74) is -4.88. The molecule has 2 nitrogen and oxygen atoms in total. The lowest BCUT2D eigenvalue weighted by molar-refractivity contribution is -0.140. The van der Waals surface area contributed by atoms with Crippen molar-refractivity contribution < 1.29 is 52.7 Å². The van der Waals surface area contributed by atoms with Crippen LogP contribution in [0, 0.1) is 27.7 Å². The largest absolute Gasteiger partial charge is 0.416 e. The maximum absolute atomic E-state index is 14.6. The summed E-state index contributed by atoms with van der Waals surface area (Å²) in [5.74, 6) is 0. The number of nitrogens with zero attached hydrogens (tertiary/aromatic N) is 2. The van der Waals surface area contributed by atoms with E-state index in [1.54, 1.807) is 64.1 Å². The van der Waals surface area contributed by atoms with E-state index in [0.29, 0.717) is 58.7 Å². The molecule has 0 unspecified atom stereocenters. The first-order valence-electron chi connectivity index (χ1n) is 15.2. The second-order valence-electron chi connectivity index (χ2n) is 12.4.